The molecule has 1 fully saturated rings. The molecule has 2 aliphatic rings. The molecule has 0 aromatic heterocycles. The first-order valence-electron chi connectivity index (χ1n) is 20.9. The van der Waals surface area contributed by atoms with E-state index in [2.05, 4.69) is 40.2 Å². The number of carbonyl (C=O) groups is 4. The molecule has 3 atom stereocenters. The Morgan fingerprint density at radius 3 is 1.90 bits per heavy atom. The zero-order chi connectivity index (χ0) is 42.9. The summed E-state index contributed by atoms with van der Waals surface area (Å²) in [6, 6.07) is 39.8. The van der Waals surface area contributed by atoms with Crippen molar-refractivity contribution >= 4 is 35.6 Å². The van der Waals surface area contributed by atoms with E-state index >= 15 is 0 Å². The fraction of sp³-hybridized carbons (Fsp3) is 0.320. The number of hydrogen-bond donors (Lipinski definition) is 3. The van der Waals surface area contributed by atoms with E-state index in [-0.39, 0.29) is 43.3 Å². The molecule has 1 aliphatic carbocycles. The Balaban J connectivity index is 0.965. The van der Waals surface area contributed by atoms with Crippen molar-refractivity contribution in [1.29, 1.82) is 0 Å². The predicted molar refractivity (Wildman–Crippen MR) is 237 cm³/mol. The second-order valence-corrected chi connectivity index (χ2v) is 17.3. The highest BCUT2D eigenvalue weighted by atomic mass is 35.5. The summed E-state index contributed by atoms with van der Waals surface area (Å²) in [6.45, 7) is 6.42. The fourth-order valence-electron chi connectivity index (χ4n) is 8.29. The monoisotopic (exact) mass is 840 g/mol. The molecule has 11 heteroatoms. The molecule has 5 aromatic carbocycles. The van der Waals surface area contributed by atoms with E-state index in [1.165, 1.54) is 11.1 Å². The third-order valence-corrected chi connectivity index (χ3v) is 11.5. The standard InChI is InChI=1S/C50H53ClN4O6/c1-50(2,3)61-49(59)54-44(26-23-33-11-5-4-6-12-33)47(57)55-31-37(27-34-21-24-38(51)25-22-34)28-45(55)46(56)52-29-35-17-19-36(20-18-35)30-53-48(58)60-32-43-41-15-9-7-13-39(41)40-14-8-10-16-42(40)43/h4-22,24-25,37,43-45H,23,26-32H2,1-3H3,(H,52,56)(H,53,58)(H,54,59)/t37-,44-,45+/m1/s1. The van der Waals surface area contributed by atoms with Crippen LogP contribution in [0.2, 0.25) is 5.02 Å². The Morgan fingerprint density at radius 2 is 1.28 bits per heavy atom. The normalized spacial score (nSPS) is 16.2. The molecule has 4 amide bonds. The first-order valence-corrected chi connectivity index (χ1v) is 21.3. The van der Waals surface area contributed by atoms with Gasteiger partial charge in [-0.05, 0) is 109 Å². The lowest BCUT2D eigenvalue weighted by molar-refractivity contribution is -0.140. The quantitative estimate of drug-likeness (QED) is 0.103. The molecule has 0 unspecified atom stereocenters. The SMILES string of the molecule is CC(C)(C)OC(=O)N[C@H](CCc1ccccc1)C(=O)N1C[C@H](Cc2ccc(Cl)cc2)C[C@H]1C(=O)NCc1ccc(CNC(=O)OCC2c3ccccc3-c3ccccc32)cc1. The van der Waals surface area contributed by atoms with E-state index in [0.717, 1.165) is 33.4 Å². The Morgan fingerprint density at radius 1 is 0.705 bits per heavy atom. The summed E-state index contributed by atoms with van der Waals surface area (Å²) in [5.41, 5.74) is 7.72. The highest BCUT2D eigenvalue weighted by molar-refractivity contribution is 6.30. The summed E-state index contributed by atoms with van der Waals surface area (Å²) in [5.74, 6) is -0.618. The predicted octanol–water partition coefficient (Wildman–Crippen LogP) is 8.98. The van der Waals surface area contributed by atoms with Crippen LogP contribution in [0.1, 0.15) is 72.9 Å². The zero-order valence-electron chi connectivity index (χ0n) is 34.9. The van der Waals surface area contributed by atoms with E-state index in [9.17, 15) is 19.2 Å². The number of nitrogens with one attached hydrogen (secondary N) is 3. The average molecular weight is 841 g/mol. The molecule has 1 aliphatic heterocycles. The van der Waals surface area contributed by atoms with Gasteiger partial charge < -0.3 is 30.3 Å². The molecular formula is C50H53ClN4O6. The molecule has 0 saturated carbocycles. The lowest BCUT2D eigenvalue weighted by atomic mass is 9.96. The average Bonchev–Trinajstić information content (AvgIpc) is 3.82. The van der Waals surface area contributed by atoms with E-state index in [1.807, 2.05) is 103 Å². The number of hydrogen-bond acceptors (Lipinski definition) is 6. The van der Waals surface area contributed by atoms with Crippen molar-refractivity contribution in [2.24, 2.45) is 5.92 Å². The minimum absolute atomic E-state index is 0.000402. The Kier molecular flexibility index (Phi) is 13.7. The smallest absolute Gasteiger partial charge is 0.408 e. The van der Waals surface area contributed by atoms with Crippen LogP contribution in [0, 0.1) is 5.92 Å². The molecule has 0 radical (unpaired) electrons. The minimum Gasteiger partial charge on any atom is -0.449 e. The summed E-state index contributed by atoms with van der Waals surface area (Å²) in [5, 5.41) is 9.38. The number of rotatable bonds is 14. The Hall–Kier alpha value is -6.13. The van der Waals surface area contributed by atoms with Gasteiger partial charge in [-0.2, -0.15) is 0 Å². The van der Waals surface area contributed by atoms with E-state index < -0.39 is 29.9 Å². The van der Waals surface area contributed by atoms with Crippen LogP contribution < -0.4 is 16.0 Å². The highest BCUT2D eigenvalue weighted by Gasteiger charge is 2.42. The number of carbonyl (C=O) groups excluding carboxylic acids is 4. The van der Waals surface area contributed by atoms with Gasteiger partial charge in [0.1, 0.15) is 24.3 Å². The van der Waals surface area contributed by atoms with Gasteiger partial charge >= 0.3 is 12.2 Å². The molecule has 61 heavy (non-hydrogen) atoms. The maximum absolute atomic E-state index is 14.5. The van der Waals surface area contributed by atoms with Crippen LogP contribution in [0.3, 0.4) is 0 Å². The molecule has 5 aromatic rings. The molecule has 7 rings (SSSR count). The van der Waals surface area contributed by atoms with Gasteiger partial charge in [-0.25, -0.2) is 9.59 Å². The summed E-state index contributed by atoms with van der Waals surface area (Å²) >= 11 is 6.16. The second kappa shape index (κ2) is 19.5. The molecule has 3 N–H and O–H groups in total. The number of aryl methyl sites for hydroxylation is 1. The number of amides is 4. The highest BCUT2D eigenvalue weighted by Crippen LogP contribution is 2.44. The van der Waals surface area contributed by atoms with Gasteiger partial charge in [-0.15, -0.1) is 0 Å². The fourth-order valence-corrected chi connectivity index (χ4v) is 8.41. The molecule has 10 nitrogen and oxygen atoms in total. The number of halogens is 1. The maximum Gasteiger partial charge on any atom is 0.408 e. The summed E-state index contributed by atoms with van der Waals surface area (Å²) < 4.78 is 11.3. The topological polar surface area (TPSA) is 126 Å². The Bertz CT molecular complexity index is 2270. The molecular weight excluding hydrogens is 788 g/mol. The van der Waals surface area contributed by atoms with Crippen LogP contribution in [0.25, 0.3) is 11.1 Å². The molecule has 1 heterocycles. The van der Waals surface area contributed by atoms with Crippen molar-refractivity contribution in [3.8, 4) is 11.1 Å². The number of fused-ring (bicyclic) bond motifs is 3. The van der Waals surface area contributed by atoms with Crippen molar-refractivity contribution < 1.29 is 28.7 Å². The lowest BCUT2D eigenvalue weighted by Gasteiger charge is -2.29. The number of likely N-dealkylation sites (tertiary alicyclic amines) is 1. The van der Waals surface area contributed by atoms with Crippen molar-refractivity contribution in [1.82, 2.24) is 20.9 Å². The van der Waals surface area contributed by atoms with Crippen molar-refractivity contribution in [3.63, 3.8) is 0 Å². The van der Waals surface area contributed by atoms with Crippen LogP contribution in [0.4, 0.5) is 9.59 Å². The molecule has 316 valence electrons. The van der Waals surface area contributed by atoms with Crippen LogP contribution in [-0.4, -0.2) is 59.7 Å². The second-order valence-electron chi connectivity index (χ2n) is 16.9. The number of alkyl carbamates (subject to hydrolysis) is 2. The third kappa shape index (κ3) is 11.4. The van der Waals surface area contributed by atoms with Crippen molar-refractivity contribution in [2.45, 2.75) is 83.1 Å². The zero-order valence-corrected chi connectivity index (χ0v) is 35.6. The number of ether oxygens (including phenoxy) is 2. The van der Waals surface area contributed by atoms with Gasteiger partial charge in [0.05, 0.1) is 0 Å². The van der Waals surface area contributed by atoms with Gasteiger partial charge in [0, 0.05) is 30.6 Å². The number of benzene rings is 5. The maximum atomic E-state index is 14.5. The summed E-state index contributed by atoms with van der Waals surface area (Å²) in [7, 11) is 0. The van der Waals surface area contributed by atoms with Gasteiger partial charge in [0.15, 0.2) is 0 Å². The van der Waals surface area contributed by atoms with Gasteiger partial charge in [0.25, 0.3) is 0 Å². The van der Waals surface area contributed by atoms with Crippen LogP contribution >= 0.6 is 11.6 Å². The van der Waals surface area contributed by atoms with Crippen molar-refractivity contribution in [2.75, 3.05) is 13.2 Å². The van der Waals surface area contributed by atoms with Gasteiger partial charge in [-0.3, -0.25) is 9.59 Å². The van der Waals surface area contributed by atoms with Gasteiger partial charge in [-0.1, -0.05) is 127 Å². The van der Waals surface area contributed by atoms with Gasteiger partial charge in [0.2, 0.25) is 11.8 Å². The summed E-state index contributed by atoms with van der Waals surface area (Å²) in [6.07, 6.45) is 0.809. The minimum atomic E-state index is -0.908. The first kappa shape index (κ1) is 43.0. The Labute approximate surface area is 363 Å². The largest absolute Gasteiger partial charge is 0.449 e. The molecule has 0 spiro atoms. The number of nitrogens with zero attached hydrogens (tertiary/aromatic N) is 1. The first-order chi connectivity index (χ1) is 29.4. The van der Waals surface area contributed by atoms with E-state index in [4.69, 9.17) is 21.1 Å². The van der Waals surface area contributed by atoms with Crippen LogP contribution in [-0.2, 0) is 45.0 Å². The summed E-state index contributed by atoms with van der Waals surface area (Å²) in [4.78, 5) is 56.0. The molecule has 1 saturated heterocycles. The van der Waals surface area contributed by atoms with E-state index in [0.29, 0.717) is 37.3 Å². The third-order valence-electron chi connectivity index (χ3n) is 11.2. The lowest BCUT2D eigenvalue weighted by Crippen LogP contribution is -2.54. The van der Waals surface area contributed by atoms with Crippen molar-refractivity contribution in [3.05, 3.63) is 166 Å². The molecule has 0 bridgehead atoms. The van der Waals surface area contributed by atoms with Crippen LogP contribution in [0.15, 0.2) is 127 Å². The van der Waals surface area contributed by atoms with Crippen LogP contribution in [0.5, 0.6) is 0 Å². The van der Waals surface area contributed by atoms with E-state index in [1.54, 1.807) is 25.7 Å².